The van der Waals surface area contributed by atoms with Crippen molar-refractivity contribution in [1.29, 1.82) is 0 Å². The molecule has 5 rings (SSSR count). The number of aliphatic hydroxyl groups is 3. The molecule has 3 N–H and O–H groups in total. The summed E-state index contributed by atoms with van der Waals surface area (Å²) in [4.78, 5) is 25.6. The van der Waals surface area contributed by atoms with Gasteiger partial charge in [-0.05, 0) is 94.5 Å². The Bertz CT molecular complexity index is 953. The maximum Gasteiger partial charge on any atom is 0.333 e. The monoisotopic (exact) mass is 472 g/mol. The molecule has 3 fully saturated rings. The van der Waals surface area contributed by atoms with Crippen LogP contribution in [0.4, 0.5) is 0 Å². The van der Waals surface area contributed by atoms with Crippen LogP contribution in [0.15, 0.2) is 23.3 Å². The van der Waals surface area contributed by atoms with E-state index >= 15 is 0 Å². The van der Waals surface area contributed by atoms with Crippen molar-refractivity contribution in [3.63, 3.8) is 0 Å². The maximum atomic E-state index is 13.2. The molecule has 0 saturated heterocycles. The second-order valence-electron chi connectivity index (χ2n) is 12.4. The number of hydrogen-bond acceptors (Lipinski definition) is 6. The smallest absolute Gasteiger partial charge is 0.333 e. The van der Waals surface area contributed by atoms with Crippen LogP contribution in [0.5, 0.6) is 0 Å². The Kier molecular flexibility index (Phi) is 5.70. The van der Waals surface area contributed by atoms with E-state index in [2.05, 4.69) is 6.92 Å². The van der Waals surface area contributed by atoms with Crippen LogP contribution < -0.4 is 0 Å². The predicted octanol–water partition coefficient (Wildman–Crippen LogP) is 3.34. The number of rotatable bonds is 3. The van der Waals surface area contributed by atoms with Crippen molar-refractivity contribution < 1.29 is 29.6 Å². The second-order valence-corrected chi connectivity index (χ2v) is 12.4. The minimum absolute atomic E-state index is 0.0191. The van der Waals surface area contributed by atoms with Crippen molar-refractivity contribution in [2.24, 2.45) is 40.4 Å². The number of hydrogen-bond donors (Lipinski definition) is 3. The van der Waals surface area contributed by atoms with Gasteiger partial charge in [0.25, 0.3) is 0 Å². The Hall–Kier alpha value is -1.50. The number of cyclic esters (lactones) is 1. The van der Waals surface area contributed by atoms with E-state index in [0.29, 0.717) is 30.8 Å². The van der Waals surface area contributed by atoms with Gasteiger partial charge in [0, 0.05) is 24.5 Å². The highest BCUT2D eigenvalue weighted by molar-refractivity contribution is 5.97. The molecule has 0 unspecified atom stereocenters. The molecule has 5 aliphatic rings. The van der Waals surface area contributed by atoms with E-state index in [9.17, 15) is 24.9 Å². The second kappa shape index (κ2) is 8.01. The third kappa shape index (κ3) is 3.04. The van der Waals surface area contributed by atoms with Gasteiger partial charge in [-0.2, -0.15) is 0 Å². The highest BCUT2D eigenvalue weighted by atomic mass is 16.5. The lowest BCUT2D eigenvalue weighted by Gasteiger charge is -2.63. The molecule has 6 nitrogen and oxygen atoms in total. The molecule has 0 aromatic carbocycles. The minimum atomic E-state index is -1.41. The zero-order chi connectivity index (χ0) is 24.6. The van der Waals surface area contributed by atoms with Gasteiger partial charge in [0.1, 0.15) is 11.7 Å². The average molecular weight is 473 g/mol. The first-order valence-electron chi connectivity index (χ1n) is 13.1. The summed E-state index contributed by atoms with van der Waals surface area (Å²) in [5.41, 5.74) is -0.735. The standard InChI is InChI=1S/C28H40O6/c1-15-12-22(34-25(32)16(15)2)18(14-29)20-8-7-19-17-13-24(31)28(33)10-5-6-23(30)27(28,4)21(17)9-11-26(19,20)3/h5-6,17-22,24,29,31,33H,7-14H2,1-4H3/t17-,18+,19+,20-,21-,22-,24-,26+,27+,28+/m1/s1. The number of fused-ring (bicyclic) bond motifs is 5. The zero-order valence-corrected chi connectivity index (χ0v) is 20.9. The number of allylic oxidation sites excluding steroid dienone is 1. The third-order valence-electron chi connectivity index (χ3n) is 11.3. The Balaban J connectivity index is 1.45. The molecular weight excluding hydrogens is 432 g/mol. The normalized spacial score (nSPS) is 49.3. The summed E-state index contributed by atoms with van der Waals surface area (Å²) in [7, 11) is 0. The molecule has 1 aliphatic heterocycles. The molecule has 0 radical (unpaired) electrons. The van der Waals surface area contributed by atoms with E-state index in [-0.39, 0.29) is 53.6 Å². The van der Waals surface area contributed by atoms with Crippen LogP contribution in [-0.2, 0) is 14.3 Å². The SMILES string of the molecule is CC1=C(C)C(=O)O[C@@H]([C@@H](CO)[C@H]2CC[C@H]3[C@H]4C[C@@H](O)[C@@]5(O)CC=CC(=O)[C@]5(C)[C@@H]4CC[C@]23C)C1. The third-order valence-corrected chi connectivity index (χ3v) is 11.3. The summed E-state index contributed by atoms with van der Waals surface area (Å²) in [6, 6.07) is 0. The molecule has 1 heterocycles. The summed E-state index contributed by atoms with van der Waals surface area (Å²) in [5.74, 6) is 0.228. The van der Waals surface area contributed by atoms with E-state index in [1.807, 2.05) is 13.8 Å². The highest BCUT2D eigenvalue weighted by Gasteiger charge is 2.69. The number of ether oxygens (including phenoxy) is 1. The quantitative estimate of drug-likeness (QED) is 0.545. The van der Waals surface area contributed by atoms with Crippen molar-refractivity contribution >= 4 is 11.8 Å². The van der Waals surface area contributed by atoms with E-state index < -0.39 is 17.1 Å². The Morgan fingerprint density at radius 2 is 1.88 bits per heavy atom. The van der Waals surface area contributed by atoms with Crippen LogP contribution in [0, 0.1) is 40.4 Å². The van der Waals surface area contributed by atoms with Crippen LogP contribution in [0.3, 0.4) is 0 Å². The summed E-state index contributed by atoms with van der Waals surface area (Å²) < 4.78 is 5.81. The van der Waals surface area contributed by atoms with Crippen molar-refractivity contribution in [2.75, 3.05) is 6.61 Å². The van der Waals surface area contributed by atoms with Gasteiger partial charge in [-0.1, -0.05) is 18.6 Å². The topological polar surface area (TPSA) is 104 Å². The first-order valence-corrected chi connectivity index (χ1v) is 13.1. The molecule has 34 heavy (non-hydrogen) atoms. The number of carbonyl (C=O) groups is 2. The van der Waals surface area contributed by atoms with Gasteiger partial charge in [0.2, 0.25) is 0 Å². The molecular formula is C28H40O6. The van der Waals surface area contributed by atoms with Crippen LogP contribution in [0.2, 0.25) is 0 Å². The van der Waals surface area contributed by atoms with Gasteiger partial charge in [-0.3, -0.25) is 4.79 Å². The molecule has 0 aromatic rings. The molecule has 3 saturated carbocycles. The molecule has 188 valence electrons. The van der Waals surface area contributed by atoms with Crippen LogP contribution in [0.1, 0.15) is 72.6 Å². The van der Waals surface area contributed by atoms with Gasteiger partial charge in [0.15, 0.2) is 5.78 Å². The van der Waals surface area contributed by atoms with Gasteiger partial charge in [-0.15, -0.1) is 0 Å². The fourth-order valence-corrected chi connectivity index (χ4v) is 9.10. The maximum absolute atomic E-state index is 13.2. The first kappa shape index (κ1) is 24.2. The lowest BCUT2D eigenvalue weighted by atomic mass is 9.43. The predicted molar refractivity (Wildman–Crippen MR) is 126 cm³/mol. The Labute approximate surface area is 202 Å². The highest BCUT2D eigenvalue weighted by Crippen LogP contribution is 2.68. The van der Waals surface area contributed by atoms with Crippen molar-refractivity contribution in [2.45, 2.75) is 90.4 Å². The Morgan fingerprint density at radius 1 is 1.15 bits per heavy atom. The van der Waals surface area contributed by atoms with E-state index in [1.165, 1.54) is 0 Å². The van der Waals surface area contributed by atoms with E-state index in [0.717, 1.165) is 31.3 Å². The number of aliphatic hydroxyl groups excluding tert-OH is 2. The summed E-state index contributed by atoms with van der Waals surface area (Å²) in [6.45, 7) is 7.94. The van der Waals surface area contributed by atoms with Gasteiger partial charge < -0.3 is 20.1 Å². The van der Waals surface area contributed by atoms with Crippen LogP contribution in [-0.4, -0.2) is 51.5 Å². The molecule has 0 amide bonds. The van der Waals surface area contributed by atoms with E-state index in [4.69, 9.17) is 4.74 Å². The fraction of sp³-hybridized carbons (Fsp3) is 0.786. The van der Waals surface area contributed by atoms with Crippen molar-refractivity contribution in [3.8, 4) is 0 Å². The van der Waals surface area contributed by atoms with Gasteiger partial charge >= 0.3 is 5.97 Å². The minimum Gasteiger partial charge on any atom is -0.458 e. The van der Waals surface area contributed by atoms with Crippen molar-refractivity contribution in [3.05, 3.63) is 23.3 Å². The van der Waals surface area contributed by atoms with Crippen LogP contribution in [0.25, 0.3) is 0 Å². The molecule has 0 aromatic heterocycles. The molecule has 6 heteroatoms. The summed E-state index contributed by atoms with van der Waals surface area (Å²) in [5, 5.41) is 33.2. The molecule has 4 aliphatic carbocycles. The molecule has 0 spiro atoms. The van der Waals surface area contributed by atoms with Gasteiger partial charge in [-0.25, -0.2) is 4.79 Å². The van der Waals surface area contributed by atoms with Crippen LogP contribution >= 0.6 is 0 Å². The van der Waals surface area contributed by atoms with Crippen molar-refractivity contribution in [1.82, 2.24) is 0 Å². The zero-order valence-electron chi connectivity index (χ0n) is 20.9. The van der Waals surface area contributed by atoms with Gasteiger partial charge in [0.05, 0.1) is 11.5 Å². The Morgan fingerprint density at radius 3 is 2.56 bits per heavy atom. The number of esters is 1. The summed E-state index contributed by atoms with van der Waals surface area (Å²) >= 11 is 0. The van der Waals surface area contributed by atoms with E-state index in [1.54, 1.807) is 19.1 Å². The summed E-state index contributed by atoms with van der Waals surface area (Å²) in [6.07, 6.45) is 7.19. The molecule has 0 bridgehead atoms. The lowest BCUT2D eigenvalue weighted by molar-refractivity contribution is -0.232. The average Bonchev–Trinajstić information content (AvgIpc) is 3.13. The lowest BCUT2D eigenvalue weighted by Crippen LogP contribution is -2.69. The largest absolute Gasteiger partial charge is 0.458 e. The first-order chi connectivity index (χ1) is 16.0. The molecule has 10 atom stereocenters. The fourth-order valence-electron chi connectivity index (χ4n) is 9.10. The number of carbonyl (C=O) groups excluding carboxylic acids is 2. The number of ketones is 1.